The summed E-state index contributed by atoms with van der Waals surface area (Å²) in [6, 6.07) is 0. The molecule has 1 amide bonds. The molecule has 1 aliphatic carbocycles. The van der Waals surface area contributed by atoms with E-state index in [-0.39, 0.29) is 12.3 Å². The largest absolute Gasteiger partial charge is 0.481 e. The maximum absolute atomic E-state index is 12.0. The maximum Gasteiger partial charge on any atom is 0.310 e. The van der Waals surface area contributed by atoms with E-state index in [1.807, 2.05) is 13.8 Å². The lowest BCUT2D eigenvalue weighted by Crippen LogP contribution is -2.38. The van der Waals surface area contributed by atoms with Gasteiger partial charge in [0.2, 0.25) is 5.91 Å². The third-order valence-electron chi connectivity index (χ3n) is 5.03. The zero-order valence-electron chi connectivity index (χ0n) is 13.1. The average Bonchev–Trinajstić information content (AvgIpc) is 2.44. The van der Waals surface area contributed by atoms with Gasteiger partial charge in [0.1, 0.15) is 0 Å². The summed E-state index contributed by atoms with van der Waals surface area (Å²) < 4.78 is 0. The number of amides is 1. The molecule has 0 aromatic heterocycles. The minimum atomic E-state index is -0.898. The predicted octanol–water partition coefficient (Wildman–Crippen LogP) is 3.21. The van der Waals surface area contributed by atoms with Crippen LogP contribution >= 0.6 is 0 Å². The third kappa shape index (κ3) is 4.50. The monoisotopic (exact) mass is 283 g/mol. The highest BCUT2D eigenvalue weighted by Gasteiger charge is 2.37. The highest BCUT2D eigenvalue weighted by atomic mass is 16.4. The van der Waals surface area contributed by atoms with Crippen LogP contribution in [0.3, 0.4) is 0 Å². The molecule has 0 aromatic carbocycles. The van der Waals surface area contributed by atoms with E-state index in [1.54, 1.807) is 0 Å². The molecule has 1 saturated carbocycles. The summed E-state index contributed by atoms with van der Waals surface area (Å²) in [5.74, 6) is 0.401. The van der Waals surface area contributed by atoms with Crippen molar-refractivity contribution in [3.8, 4) is 0 Å². The number of nitrogens with one attached hydrogen (secondary N) is 1. The van der Waals surface area contributed by atoms with Crippen molar-refractivity contribution in [3.63, 3.8) is 0 Å². The van der Waals surface area contributed by atoms with Gasteiger partial charge in [-0.15, -0.1) is 0 Å². The van der Waals surface area contributed by atoms with Crippen molar-refractivity contribution < 1.29 is 14.7 Å². The fourth-order valence-electron chi connectivity index (χ4n) is 3.04. The van der Waals surface area contributed by atoms with Gasteiger partial charge in [0.05, 0.1) is 5.41 Å². The van der Waals surface area contributed by atoms with E-state index in [2.05, 4.69) is 12.2 Å². The molecule has 0 unspecified atom stereocenters. The van der Waals surface area contributed by atoms with Crippen LogP contribution in [0, 0.1) is 17.3 Å². The summed E-state index contributed by atoms with van der Waals surface area (Å²) in [4.78, 5) is 23.4. The van der Waals surface area contributed by atoms with Gasteiger partial charge in [-0.1, -0.05) is 33.6 Å². The molecule has 1 rings (SSSR count). The fraction of sp³-hybridized carbons (Fsp3) is 0.875. The topological polar surface area (TPSA) is 66.4 Å². The lowest BCUT2D eigenvalue weighted by atomic mass is 9.79. The van der Waals surface area contributed by atoms with Crippen LogP contribution in [0.25, 0.3) is 0 Å². The zero-order chi connectivity index (χ0) is 15.2. The van der Waals surface area contributed by atoms with Crippen molar-refractivity contribution in [1.82, 2.24) is 5.32 Å². The van der Waals surface area contributed by atoms with Gasteiger partial charge in [0.25, 0.3) is 0 Å². The molecule has 1 fully saturated rings. The van der Waals surface area contributed by atoms with Gasteiger partial charge in [-0.2, -0.15) is 0 Å². The first-order valence-electron chi connectivity index (χ1n) is 7.93. The Balaban J connectivity index is 2.41. The second kappa shape index (κ2) is 7.65. The number of carbonyl (C=O) groups is 2. The molecule has 0 aliphatic heterocycles. The molecule has 4 nitrogen and oxygen atoms in total. The highest BCUT2D eigenvalue weighted by molar-refractivity contribution is 5.84. The summed E-state index contributed by atoms with van der Waals surface area (Å²) in [5.41, 5.74) is -0.898. The summed E-state index contributed by atoms with van der Waals surface area (Å²) in [6.45, 7) is 6.66. The Hall–Kier alpha value is -1.06. The van der Waals surface area contributed by atoms with Crippen molar-refractivity contribution in [2.75, 3.05) is 6.54 Å². The third-order valence-corrected chi connectivity index (χ3v) is 5.03. The van der Waals surface area contributed by atoms with Crippen LogP contribution in [0.15, 0.2) is 0 Å². The number of carbonyl (C=O) groups excluding carboxylic acids is 1. The molecule has 2 N–H and O–H groups in total. The molecule has 0 heterocycles. The molecule has 0 bridgehead atoms. The molecule has 1 aliphatic rings. The van der Waals surface area contributed by atoms with Gasteiger partial charge in [-0.3, -0.25) is 9.59 Å². The van der Waals surface area contributed by atoms with Gasteiger partial charge in [-0.05, 0) is 37.5 Å². The number of carboxylic acids is 1. The summed E-state index contributed by atoms with van der Waals surface area (Å²) >= 11 is 0. The Morgan fingerprint density at radius 3 is 2.15 bits per heavy atom. The minimum absolute atomic E-state index is 0.0957. The summed E-state index contributed by atoms with van der Waals surface area (Å²) in [6.07, 6.45) is 5.91. The molecule has 0 saturated heterocycles. The standard InChI is InChI=1S/C16H29NO3/c1-4-16(5-2,15(19)20)10-14(18)17-11-13-8-6-12(3)7-9-13/h12-13H,4-11H2,1-3H3,(H,17,18)(H,19,20). The van der Waals surface area contributed by atoms with Crippen molar-refractivity contribution in [1.29, 1.82) is 0 Å². The predicted molar refractivity (Wildman–Crippen MR) is 79.4 cm³/mol. The van der Waals surface area contributed by atoms with E-state index in [0.717, 1.165) is 5.92 Å². The van der Waals surface area contributed by atoms with Crippen LogP contribution in [0.5, 0.6) is 0 Å². The normalized spacial score (nSPS) is 23.4. The molecular formula is C16H29NO3. The van der Waals surface area contributed by atoms with Crippen LogP contribution < -0.4 is 5.32 Å². The molecule has 4 heteroatoms. The van der Waals surface area contributed by atoms with Crippen molar-refractivity contribution >= 4 is 11.9 Å². The molecule has 0 atom stereocenters. The van der Waals surface area contributed by atoms with Crippen LogP contribution in [0.1, 0.15) is 65.7 Å². The van der Waals surface area contributed by atoms with Gasteiger partial charge < -0.3 is 10.4 Å². The molecule has 0 spiro atoms. The van der Waals surface area contributed by atoms with Gasteiger partial charge in [0.15, 0.2) is 0 Å². The van der Waals surface area contributed by atoms with Gasteiger partial charge >= 0.3 is 5.97 Å². The number of carboxylic acid groups (broad SMARTS) is 1. The van der Waals surface area contributed by atoms with Crippen LogP contribution in [0.2, 0.25) is 0 Å². The Morgan fingerprint density at radius 1 is 1.15 bits per heavy atom. The van der Waals surface area contributed by atoms with Crippen LogP contribution in [0.4, 0.5) is 0 Å². The quantitative estimate of drug-likeness (QED) is 0.754. The lowest BCUT2D eigenvalue weighted by molar-refractivity contribution is -0.152. The molecule has 0 aromatic rings. The number of rotatable bonds is 7. The SMILES string of the molecule is CCC(CC)(CC(=O)NCC1CCC(C)CC1)C(=O)O. The van der Waals surface area contributed by atoms with E-state index in [1.165, 1.54) is 25.7 Å². The van der Waals surface area contributed by atoms with E-state index < -0.39 is 11.4 Å². The number of hydrogen-bond donors (Lipinski definition) is 2. The Labute approximate surface area is 122 Å². The highest BCUT2D eigenvalue weighted by Crippen LogP contribution is 2.31. The second-order valence-corrected chi connectivity index (χ2v) is 6.40. The van der Waals surface area contributed by atoms with Crippen LogP contribution in [-0.2, 0) is 9.59 Å². The smallest absolute Gasteiger partial charge is 0.310 e. The molecule has 0 radical (unpaired) electrons. The Morgan fingerprint density at radius 2 is 1.70 bits per heavy atom. The fourth-order valence-corrected chi connectivity index (χ4v) is 3.04. The minimum Gasteiger partial charge on any atom is -0.481 e. The first kappa shape index (κ1) is 17.0. The van der Waals surface area contributed by atoms with Crippen molar-refractivity contribution in [3.05, 3.63) is 0 Å². The van der Waals surface area contributed by atoms with Crippen molar-refractivity contribution in [2.24, 2.45) is 17.3 Å². The average molecular weight is 283 g/mol. The van der Waals surface area contributed by atoms with E-state index >= 15 is 0 Å². The van der Waals surface area contributed by atoms with E-state index in [0.29, 0.717) is 25.3 Å². The van der Waals surface area contributed by atoms with Crippen LogP contribution in [-0.4, -0.2) is 23.5 Å². The first-order valence-corrected chi connectivity index (χ1v) is 7.93. The van der Waals surface area contributed by atoms with Gasteiger partial charge in [-0.25, -0.2) is 0 Å². The number of hydrogen-bond acceptors (Lipinski definition) is 2. The second-order valence-electron chi connectivity index (χ2n) is 6.40. The Bertz CT molecular complexity index is 329. The molecule has 20 heavy (non-hydrogen) atoms. The molecule has 116 valence electrons. The van der Waals surface area contributed by atoms with E-state index in [4.69, 9.17) is 0 Å². The summed E-state index contributed by atoms with van der Waals surface area (Å²) in [7, 11) is 0. The van der Waals surface area contributed by atoms with E-state index in [9.17, 15) is 14.7 Å². The van der Waals surface area contributed by atoms with Gasteiger partial charge in [0, 0.05) is 13.0 Å². The maximum atomic E-state index is 12.0. The lowest BCUT2D eigenvalue weighted by Gasteiger charge is -2.28. The Kier molecular flexibility index (Phi) is 6.50. The molecular weight excluding hydrogens is 254 g/mol. The summed E-state index contributed by atoms with van der Waals surface area (Å²) in [5, 5.41) is 12.3. The van der Waals surface area contributed by atoms with Crippen molar-refractivity contribution in [2.45, 2.75) is 65.7 Å². The zero-order valence-corrected chi connectivity index (χ0v) is 13.1. The number of aliphatic carboxylic acids is 1. The first-order chi connectivity index (χ1) is 9.43.